The Kier molecular flexibility index (Phi) is 5.70. The van der Waals surface area contributed by atoms with Gasteiger partial charge in [0.2, 0.25) is 0 Å². The van der Waals surface area contributed by atoms with Gasteiger partial charge in [-0.3, -0.25) is 4.98 Å². The minimum absolute atomic E-state index is 0.146. The number of hydrogen-bond acceptors (Lipinski definition) is 4. The molecule has 140 valence electrons. The van der Waals surface area contributed by atoms with Crippen molar-refractivity contribution in [2.75, 3.05) is 0 Å². The third-order valence-electron chi connectivity index (χ3n) is 4.39. The molecule has 1 fully saturated rings. The highest BCUT2D eigenvalue weighted by molar-refractivity contribution is 9.10. The number of carbonyl (C=O) groups is 1. The second-order valence-electron chi connectivity index (χ2n) is 7.71. The van der Waals surface area contributed by atoms with Crippen LogP contribution in [0.1, 0.15) is 46.5 Å². The van der Waals surface area contributed by atoms with Crippen LogP contribution >= 0.6 is 15.9 Å². The summed E-state index contributed by atoms with van der Waals surface area (Å²) >= 11 is 3.57. The number of benzene rings is 1. The molecule has 1 N–H and O–H groups in total. The fourth-order valence-corrected chi connectivity index (χ4v) is 3.78. The van der Waals surface area contributed by atoms with Crippen molar-refractivity contribution in [3.63, 3.8) is 0 Å². The van der Waals surface area contributed by atoms with Gasteiger partial charge in [0.25, 0.3) is 0 Å². The molecule has 1 heterocycles. The highest BCUT2D eigenvalue weighted by atomic mass is 79.9. The lowest BCUT2D eigenvalue weighted by molar-refractivity contribution is 0.0471. The van der Waals surface area contributed by atoms with Gasteiger partial charge in [-0.25, -0.2) is 4.79 Å². The maximum atomic E-state index is 11.9. The van der Waals surface area contributed by atoms with Gasteiger partial charge in [0.15, 0.2) is 0 Å². The first-order valence-electron chi connectivity index (χ1n) is 9.00. The number of halogens is 1. The first-order valence-corrected chi connectivity index (χ1v) is 9.79. The van der Waals surface area contributed by atoms with Crippen molar-refractivity contribution in [3.05, 3.63) is 35.1 Å². The maximum Gasteiger partial charge on any atom is 0.407 e. The van der Waals surface area contributed by atoms with E-state index in [1.165, 1.54) is 0 Å². The second kappa shape index (κ2) is 7.82. The Labute approximate surface area is 162 Å². The molecule has 0 aliphatic heterocycles. The lowest BCUT2D eigenvalue weighted by Gasteiger charge is -2.30. The van der Waals surface area contributed by atoms with Crippen molar-refractivity contribution in [1.82, 2.24) is 10.3 Å². The zero-order valence-electron chi connectivity index (χ0n) is 15.4. The van der Waals surface area contributed by atoms with E-state index in [1.807, 2.05) is 45.2 Å². The van der Waals surface area contributed by atoms with Crippen LogP contribution in [0, 0.1) is 0 Å². The Morgan fingerprint density at radius 2 is 1.92 bits per heavy atom. The van der Waals surface area contributed by atoms with Crippen LogP contribution in [0.25, 0.3) is 10.8 Å². The number of aromatic nitrogens is 1. The van der Waals surface area contributed by atoms with E-state index < -0.39 is 5.60 Å². The normalized spacial score (nSPS) is 20.6. The molecule has 1 saturated carbocycles. The summed E-state index contributed by atoms with van der Waals surface area (Å²) in [5.41, 5.74) is -0.471. The smallest absolute Gasteiger partial charge is 0.407 e. The molecule has 1 aromatic carbocycles. The number of amides is 1. The number of fused-ring (bicyclic) bond motifs is 1. The first-order chi connectivity index (χ1) is 12.3. The lowest BCUT2D eigenvalue weighted by atomic mass is 9.93. The van der Waals surface area contributed by atoms with E-state index in [1.54, 1.807) is 6.20 Å². The van der Waals surface area contributed by atoms with Gasteiger partial charge in [-0.1, -0.05) is 12.1 Å². The van der Waals surface area contributed by atoms with E-state index >= 15 is 0 Å². The average Bonchev–Trinajstić information content (AvgIpc) is 2.55. The van der Waals surface area contributed by atoms with Gasteiger partial charge in [-0.2, -0.15) is 0 Å². The Bertz CT molecular complexity index is 775. The molecule has 3 rings (SSSR count). The number of nitrogens with one attached hydrogen (secondary N) is 1. The second-order valence-corrected chi connectivity index (χ2v) is 8.57. The Balaban J connectivity index is 1.57. The molecule has 1 aliphatic rings. The Morgan fingerprint density at radius 3 is 2.62 bits per heavy atom. The van der Waals surface area contributed by atoms with Crippen LogP contribution in [0.4, 0.5) is 4.79 Å². The van der Waals surface area contributed by atoms with Gasteiger partial charge in [0, 0.05) is 33.7 Å². The number of alkyl carbamates (subject to hydrolysis) is 1. The van der Waals surface area contributed by atoms with E-state index in [0.717, 1.165) is 46.7 Å². The van der Waals surface area contributed by atoms with Crippen LogP contribution in [0.5, 0.6) is 5.75 Å². The number of ether oxygens (including phenoxy) is 2. The maximum absolute atomic E-state index is 11.9. The van der Waals surface area contributed by atoms with Crippen LogP contribution in [-0.4, -0.2) is 28.8 Å². The minimum Gasteiger partial charge on any atom is -0.490 e. The summed E-state index contributed by atoms with van der Waals surface area (Å²) in [5, 5.41) is 5.07. The summed E-state index contributed by atoms with van der Waals surface area (Å²) in [5.74, 6) is 0.875. The van der Waals surface area contributed by atoms with Crippen molar-refractivity contribution in [2.24, 2.45) is 0 Å². The zero-order chi connectivity index (χ0) is 18.7. The summed E-state index contributed by atoms with van der Waals surface area (Å²) in [6.45, 7) is 5.61. The molecular formula is C20H25BrN2O3. The molecule has 26 heavy (non-hydrogen) atoms. The van der Waals surface area contributed by atoms with Crippen molar-refractivity contribution in [2.45, 2.75) is 64.2 Å². The van der Waals surface area contributed by atoms with Gasteiger partial charge in [0.05, 0.1) is 6.10 Å². The molecule has 1 amide bonds. The molecule has 0 radical (unpaired) electrons. The van der Waals surface area contributed by atoms with Crippen molar-refractivity contribution >= 4 is 32.8 Å². The van der Waals surface area contributed by atoms with Crippen LogP contribution < -0.4 is 10.1 Å². The van der Waals surface area contributed by atoms with E-state index in [0.29, 0.717) is 0 Å². The third kappa shape index (κ3) is 4.87. The Morgan fingerprint density at radius 1 is 1.19 bits per heavy atom. The molecule has 2 aromatic rings. The van der Waals surface area contributed by atoms with Gasteiger partial charge in [-0.15, -0.1) is 0 Å². The average molecular weight is 421 g/mol. The summed E-state index contributed by atoms with van der Waals surface area (Å²) < 4.78 is 12.5. The lowest BCUT2D eigenvalue weighted by Crippen LogP contribution is -2.42. The zero-order valence-corrected chi connectivity index (χ0v) is 17.0. The van der Waals surface area contributed by atoms with Crippen LogP contribution in [0.15, 0.2) is 35.1 Å². The molecular weight excluding hydrogens is 396 g/mol. The molecule has 6 heteroatoms. The molecule has 0 saturated heterocycles. The quantitative estimate of drug-likeness (QED) is 0.739. The van der Waals surface area contributed by atoms with E-state index in [-0.39, 0.29) is 18.2 Å². The summed E-state index contributed by atoms with van der Waals surface area (Å²) in [6, 6.07) is 6.16. The highest BCUT2D eigenvalue weighted by Gasteiger charge is 2.26. The van der Waals surface area contributed by atoms with Gasteiger partial charge < -0.3 is 14.8 Å². The molecule has 0 spiro atoms. The monoisotopic (exact) mass is 420 g/mol. The van der Waals surface area contributed by atoms with E-state index in [4.69, 9.17) is 9.47 Å². The van der Waals surface area contributed by atoms with Gasteiger partial charge in [-0.05, 0) is 68.5 Å². The molecule has 0 unspecified atom stereocenters. The van der Waals surface area contributed by atoms with Crippen molar-refractivity contribution in [1.29, 1.82) is 0 Å². The predicted molar refractivity (Wildman–Crippen MR) is 105 cm³/mol. The molecule has 0 atom stereocenters. The fraction of sp³-hybridized carbons (Fsp3) is 0.500. The molecule has 5 nitrogen and oxygen atoms in total. The van der Waals surface area contributed by atoms with Gasteiger partial charge >= 0.3 is 6.09 Å². The minimum atomic E-state index is -0.471. The van der Waals surface area contributed by atoms with E-state index in [9.17, 15) is 4.79 Å². The van der Waals surface area contributed by atoms with Crippen molar-refractivity contribution in [3.8, 4) is 5.75 Å². The van der Waals surface area contributed by atoms with Crippen LogP contribution in [0.2, 0.25) is 0 Å². The van der Waals surface area contributed by atoms with E-state index in [2.05, 4.69) is 26.2 Å². The summed E-state index contributed by atoms with van der Waals surface area (Å²) in [6.07, 6.45) is 7.02. The highest BCUT2D eigenvalue weighted by Crippen LogP contribution is 2.34. The molecule has 1 aliphatic carbocycles. The number of hydrogen-bond donors (Lipinski definition) is 1. The van der Waals surface area contributed by atoms with Gasteiger partial charge in [0.1, 0.15) is 11.4 Å². The number of nitrogens with zero attached hydrogens (tertiary/aromatic N) is 1. The van der Waals surface area contributed by atoms with Crippen LogP contribution in [0.3, 0.4) is 0 Å². The largest absolute Gasteiger partial charge is 0.490 e. The standard InChI is InChI=1S/C20H25BrN2O3/c1-20(2,3)26-19(24)23-14-7-9-15(10-8-14)25-17-6-4-5-13-11-22-12-16(21)18(13)17/h4-6,11-12,14-15H,7-10H2,1-3H3,(H,23,24). The number of pyridine rings is 1. The summed E-state index contributed by atoms with van der Waals surface area (Å²) in [7, 11) is 0. The molecule has 0 bridgehead atoms. The number of rotatable bonds is 3. The fourth-order valence-electron chi connectivity index (χ4n) is 3.24. The Hall–Kier alpha value is -1.82. The van der Waals surface area contributed by atoms with Crippen molar-refractivity contribution < 1.29 is 14.3 Å². The third-order valence-corrected chi connectivity index (χ3v) is 4.99. The predicted octanol–water partition coefficient (Wildman–Crippen LogP) is 5.21. The first kappa shape index (κ1) is 19.0. The topological polar surface area (TPSA) is 60.5 Å². The molecule has 1 aromatic heterocycles. The SMILES string of the molecule is CC(C)(C)OC(=O)NC1CCC(Oc2cccc3cncc(Br)c23)CC1. The van der Waals surface area contributed by atoms with Crippen LogP contribution in [-0.2, 0) is 4.74 Å². The number of carbonyl (C=O) groups excluding carboxylic acids is 1. The summed E-state index contributed by atoms with van der Waals surface area (Å²) in [4.78, 5) is 16.1.